The molecule has 1 saturated heterocycles. The summed E-state index contributed by atoms with van der Waals surface area (Å²) in [6.07, 6.45) is -4.43. The van der Waals surface area contributed by atoms with Crippen molar-refractivity contribution >= 4 is 21.4 Å². The first-order valence-corrected chi connectivity index (χ1v) is 11.9. The minimum absolute atomic E-state index is 0.0121. The van der Waals surface area contributed by atoms with Gasteiger partial charge in [-0.2, -0.15) is 13.2 Å². The molecule has 0 unspecified atom stereocenters. The van der Waals surface area contributed by atoms with E-state index in [1.807, 2.05) is 17.9 Å². The van der Waals surface area contributed by atoms with Crippen LogP contribution in [0.15, 0.2) is 29.2 Å². The Bertz CT molecular complexity index is 896. The van der Waals surface area contributed by atoms with Gasteiger partial charge in [0.2, 0.25) is 5.91 Å². The molecule has 0 bridgehead atoms. The Hall–Kier alpha value is -1.81. The molecular weight excluding hydrogens is 421 g/mol. The standard InChI is InChI=1S/C20H27F3N2O4S/c1-14-13-24(16-4-3-5-17(12-16)30(2,28)29)10-11-25(14)18(26)15-6-8-19(27,9-7-15)20(21,22)23/h3-5,12,14-15,27H,6-11,13H2,1-2H3/t14-,15?,19?/m0/s1. The number of sulfone groups is 1. The number of amides is 1. The van der Waals surface area contributed by atoms with Crippen LogP contribution in [0.3, 0.4) is 0 Å². The normalized spacial score (nSPS) is 28.5. The molecule has 3 rings (SSSR count). The number of benzene rings is 1. The van der Waals surface area contributed by atoms with Crippen molar-refractivity contribution < 1.29 is 31.5 Å². The SMILES string of the molecule is C[C@H]1CN(c2cccc(S(C)(=O)=O)c2)CCN1C(=O)C1CCC(O)(C(F)(F)F)CC1. The fraction of sp³-hybridized carbons (Fsp3) is 0.650. The van der Waals surface area contributed by atoms with Crippen molar-refractivity contribution in [2.24, 2.45) is 5.92 Å². The van der Waals surface area contributed by atoms with Crippen LogP contribution in [0.25, 0.3) is 0 Å². The number of anilines is 1. The maximum Gasteiger partial charge on any atom is 0.417 e. The molecule has 6 nitrogen and oxygen atoms in total. The molecule has 1 amide bonds. The molecule has 1 aromatic carbocycles. The van der Waals surface area contributed by atoms with Gasteiger partial charge < -0.3 is 14.9 Å². The van der Waals surface area contributed by atoms with Gasteiger partial charge in [0.25, 0.3) is 0 Å². The Balaban J connectivity index is 1.63. The molecule has 1 aliphatic carbocycles. The second-order valence-electron chi connectivity index (χ2n) is 8.40. The Labute approximate surface area is 174 Å². The number of carbonyl (C=O) groups excluding carboxylic acids is 1. The van der Waals surface area contributed by atoms with Crippen LogP contribution in [0.4, 0.5) is 18.9 Å². The largest absolute Gasteiger partial charge is 0.417 e. The van der Waals surface area contributed by atoms with Crippen molar-refractivity contribution in [3.63, 3.8) is 0 Å². The zero-order valence-electron chi connectivity index (χ0n) is 17.0. The van der Waals surface area contributed by atoms with Gasteiger partial charge in [-0.25, -0.2) is 8.42 Å². The van der Waals surface area contributed by atoms with Gasteiger partial charge >= 0.3 is 6.18 Å². The Morgan fingerprint density at radius 2 is 1.83 bits per heavy atom. The lowest BCUT2D eigenvalue weighted by molar-refractivity contribution is -0.271. The molecule has 2 fully saturated rings. The number of nitrogens with zero attached hydrogens (tertiary/aromatic N) is 2. The molecule has 1 N–H and O–H groups in total. The van der Waals surface area contributed by atoms with Gasteiger partial charge in [0.15, 0.2) is 15.4 Å². The van der Waals surface area contributed by atoms with E-state index in [9.17, 15) is 31.5 Å². The van der Waals surface area contributed by atoms with Crippen LogP contribution in [-0.4, -0.2) is 68.0 Å². The van der Waals surface area contributed by atoms with E-state index in [0.717, 1.165) is 11.9 Å². The molecular formula is C20H27F3N2O4S. The summed E-state index contributed by atoms with van der Waals surface area (Å²) in [6.45, 7) is 3.28. The molecule has 1 aromatic rings. The quantitative estimate of drug-likeness (QED) is 0.769. The van der Waals surface area contributed by atoms with Gasteiger partial charge in [-0.1, -0.05) is 6.07 Å². The van der Waals surface area contributed by atoms with E-state index in [4.69, 9.17) is 0 Å². The molecule has 0 spiro atoms. The first-order valence-electron chi connectivity index (χ1n) is 9.96. The van der Waals surface area contributed by atoms with Crippen LogP contribution in [0.5, 0.6) is 0 Å². The van der Waals surface area contributed by atoms with Crippen LogP contribution in [-0.2, 0) is 14.6 Å². The van der Waals surface area contributed by atoms with Crippen LogP contribution in [0.1, 0.15) is 32.6 Å². The smallest absolute Gasteiger partial charge is 0.380 e. The van der Waals surface area contributed by atoms with E-state index in [2.05, 4.69) is 0 Å². The number of rotatable bonds is 3. The number of aliphatic hydroxyl groups is 1. The van der Waals surface area contributed by atoms with E-state index in [1.165, 1.54) is 6.07 Å². The van der Waals surface area contributed by atoms with E-state index < -0.39 is 40.4 Å². The van der Waals surface area contributed by atoms with Gasteiger partial charge in [-0.15, -0.1) is 0 Å². The molecule has 1 aliphatic heterocycles. The van der Waals surface area contributed by atoms with Crippen molar-refractivity contribution in [3.8, 4) is 0 Å². The summed E-state index contributed by atoms with van der Waals surface area (Å²) < 4.78 is 62.6. The summed E-state index contributed by atoms with van der Waals surface area (Å²) in [5, 5.41) is 9.81. The van der Waals surface area contributed by atoms with Gasteiger partial charge in [0.1, 0.15) is 0 Å². The van der Waals surface area contributed by atoms with Crippen molar-refractivity contribution in [1.29, 1.82) is 0 Å². The van der Waals surface area contributed by atoms with Crippen LogP contribution in [0, 0.1) is 5.92 Å². The van der Waals surface area contributed by atoms with Gasteiger partial charge in [-0.3, -0.25) is 4.79 Å². The highest BCUT2D eigenvalue weighted by Gasteiger charge is 2.55. The molecule has 30 heavy (non-hydrogen) atoms. The topological polar surface area (TPSA) is 77.9 Å². The lowest BCUT2D eigenvalue weighted by atomic mass is 9.77. The third-order valence-corrected chi connectivity index (χ3v) is 7.32. The summed E-state index contributed by atoms with van der Waals surface area (Å²) in [4.78, 5) is 16.8. The summed E-state index contributed by atoms with van der Waals surface area (Å²) in [6, 6.07) is 6.47. The zero-order chi connectivity index (χ0) is 22.3. The molecule has 0 aromatic heterocycles. The van der Waals surface area contributed by atoms with Gasteiger partial charge in [0.05, 0.1) is 4.90 Å². The monoisotopic (exact) mass is 448 g/mol. The van der Waals surface area contributed by atoms with Gasteiger partial charge in [0, 0.05) is 43.5 Å². The molecule has 0 radical (unpaired) electrons. The second-order valence-corrected chi connectivity index (χ2v) is 10.4. The maximum atomic E-state index is 13.0. The van der Waals surface area contributed by atoms with Crippen molar-refractivity contribution in [1.82, 2.24) is 4.90 Å². The highest BCUT2D eigenvalue weighted by molar-refractivity contribution is 7.90. The number of hydrogen-bond donors (Lipinski definition) is 1. The third-order valence-electron chi connectivity index (χ3n) is 6.21. The van der Waals surface area contributed by atoms with E-state index in [1.54, 1.807) is 17.0 Å². The number of halogens is 3. The van der Waals surface area contributed by atoms with Crippen molar-refractivity contribution in [2.45, 2.75) is 55.3 Å². The Morgan fingerprint density at radius 1 is 1.20 bits per heavy atom. The van der Waals surface area contributed by atoms with E-state index in [0.29, 0.717) is 19.6 Å². The highest BCUT2D eigenvalue weighted by Crippen LogP contribution is 2.43. The predicted octanol–water partition coefficient (Wildman–Crippen LogP) is 2.61. The molecule has 10 heteroatoms. The number of carbonyl (C=O) groups is 1. The summed E-state index contributed by atoms with van der Waals surface area (Å²) in [5.74, 6) is -0.688. The molecule has 1 atom stereocenters. The number of piperazine rings is 1. The third kappa shape index (κ3) is 4.59. The molecule has 168 valence electrons. The summed E-state index contributed by atoms with van der Waals surface area (Å²) in [7, 11) is -3.33. The average Bonchev–Trinajstić information content (AvgIpc) is 2.66. The first kappa shape index (κ1) is 22.9. The molecule has 1 heterocycles. The Kier molecular flexibility index (Phi) is 6.12. The highest BCUT2D eigenvalue weighted by atomic mass is 32.2. The Morgan fingerprint density at radius 3 is 2.37 bits per heavy atom. The van der Waals surface area contributed by atoms with E-state index >= 15 is 0 Å². The second kappa shape index (κ2) is 8.03. The lowest BCUT2D eigenvalue weighted by Gasteiger charge is -2.44. The molecule has 2 aliphatic rings. The summed E-state index contributed by atoms with van der Waals surface area (Å²) >= 11 is 0. The number of alkyl halides is 3. The fourth-order valence-corrected chi connectivity index (χ4v) is 4.95. The maximum absolute atomic E-state index is 13.0. The van der Waals surface area contributed by atoms with E-state index in [-0.39, 0.29) is 29.7 Å². The van der Waals surface area contributed by atoms with Crippen LogP contribution < -0.4 is 4.90 Å². The molecule has 1 saturated carbocycles. The zero-order valence-corrected chi connectivity index (χ0v) is 17.8. The van der Waals surface area contributed by atoms with Crippen molar-refractivity contribution in [2.75, 3.05) is 30.8 Å². The number of hydrogen-bond acceptors (Lipinski definition) is 5. The van der Waals surface area contributed by atoms with Crippen LogP contribution in [0.2, 0.25) is 0 Å². The fourth-order valence-electron chi connectivity index (χ4n) is 4.29. The van der Waals surface area contributed by atoms with Gasteiger partial charge in [-0.05, 0) is 50.8 Å². The van der Waals surface area contributed by atoms with Crippen molar-refractivity contribution in [3.05, 3.63) is 24.3 Å². The first-order chi connectivity index (χ1) is 13.8. The van der Waals surface area contributed by atoms with Crippen LogP contribution >= 0.6 is 0 Å². The predicted molar refractivity (Wildman–Crippen MR) is 106 cm³/mol. The average molecular weight is 449 g/mol. The minimum atomic E-state index is -4.68. The summed E-state index contributed by atoms with van der Waals surface area (Å²) in [5.41, 5.74) is -1.94. The minimum Gasteiger partial charge on any atom is -0.380 e. The lowest BCUT2D eigenvalue weighted by Crippen LogP contribution is -2.56.